The van der Waals surface area contributed by atoms with Crippen LogP contribution in [0.15, 0.2) is 85.5 Å². The van der Waals surface area contributed by atoms with Gasteiger partial charge in [0.25, 0.3) is 0 Å². The van der Waals surface area contributed by atoms with Crippen molar-refractivity contribution in [3.05, 3.63) is 119 Å². The molecule has 3 aromatic heterocycles. The highest BCUT2D eigenvalue weighted by Crippen LogP contribution is 2.51. The van der Waals surface area contributed by atoms with E-state index in [2.05, 4.69) is 15.3 Å². The van der Waals surface area contributed by atoms with Crippen LogP contribution in [-0.2, 0) is 24.5 Å². The number of nitrogens with zero attached hydrogens (tertiary/aromatic N) is 5. The Morgan fingerprint density at radius 2 is 1.74 bits per heavy atom. The van der Waals surface area contributed by atoms with E-state index in [0.29, 0.717) is 21.8 Å². The summed E-state index contributed by atoms with van der Waals surface area (Å²) in [6.07, 6.45) is 2.87. The maximum Gasteiger partial charge on any atom is 0.194 e. The molecule has 0 bridgehead atoms. The Kier molecular flexibility index (Phi) is 8.30. The standard InChI is InChI=1S/C32H25ClF3N5O4S/c1-42-29-31(46)44-25-16-43-30(18-5-3-2-4-6-18)45-28(25)32(29,21-13-20(33)14-38-27(21)17-7-9-37-10-8-17)41-15-24(39-40-41)19-11-22(34)26(36)23(35)12-19/h2-15,25,28-31,46H,16H2,1H3/t25-,28+,29+,30?,31-,32?/m1/s1. The van der Waals surface area contributed by atoms with Gasteiger partial charge in [0.1, 0.15) is 35.0 Å². The van der Waals surface area contributed by atoms with Crippen LogP contribution < -0.4 is 0 Å². The molecule has 2 aromatic carbocycles. The molecule has 7 rings (SSSR count). The first-order chi connectivity index (χ1) is 22.3. The number of thiol groups is 1. The topological polar surface area (TPSA) is 93.4 Å². The molecule has 14 heteroatoms. The van der Waals surface area contributed by atoms with Crippen molar-refractivity contribution < 1.29 is 32.1 Å². The summed E-state index contributed by atoms with van der Waals surface area (Å²) in [7, 11) is 1.49. The van der Waals surface area contributed by atoms with Crippen molar-refractivity contribution in [2.24, 2.45) is 0 Å². The van der Waals surface area contributed by atoms with Gasteiger partial charge >= 0.3 is 0 Å². The van der Waals surface area contributed by atoms with Gasteiger partial charge in [-0.1, -0.05) is 47.1 Å². The average Bonchev–Trinajstić information content (AvgIpc) is 3.58. The third-order valence-corrected chi connectivity index (χ3v) is 8.78. The molecule has 5 heterocycles. The largest absolute Gasteiger partial charge is 0.375 e. The highest BCUT2D eigenvalue weighted by atomic mass is 35.5. The highest BCUT2D eigenvalue weighted by Gasteiger charge is 2.63. The average molecular weight is 668 g/mol. The van der Waals surface area contributed by atoms with Crippen LogP contribution in [0.1, 0.15) is 17.4 Å². The number of aromatic nitrogens is 5. The fourth-order valence-corrected chi connectivity index (χ4v) is 6.86. The normalized spacial score (nSPS) is 26.1. The van der Waals surface area contributed by atoms with Crippen molar-refractivity contribution in [2.45, 2.75) is 35.6 Å². The van der Waals surface area contributed by atoms with Gasteiger partial charge in [0.15, 0.2) is 23.7 Å². The van der Waals surface area contributed by atoms with E-state index < -0.39 is 53.0 Å². The van der Waals surface area contributed by atoms with Gasteiger partial charge in [0.05, 0.1) is 23.5 Å². The van der Waals surface area contributed by atoms with Crippen LogP contribution in [0.25, 0.3) is 22.5 Å². The molecule has 0 spiro atoms. The van der Waals surface area contributed by atoms with E-state index in [-0.39, 0.29) is 17.9 Å². The molecule has 0 aliphatic carbocycles. The fourth-order valence-electron chi connectivity index (χ4n) is 6.19. The zero-order valence-electron chi connectivity index (χ0n) is 24.0. The predicted octanol–water partition coefficient (Wildman–Crippen LogP) is 6.00. The molecule has 0 amide bonds. The van der Waals surface area contributed by atoms with Gasteiger partial charge in [-0.3, -0.25) is 9.97 Å². The molecule has 5 aromatic rings. The zero-order chi connectivity index (χ0) is 32.0. The van der Waals surface area contributed by atoms with Crippen molar-refractivity contribution in [1.29, 1.82) is 0 Å². The summed E-state index contributed by atoms with van der Waals surface area (Å²) in [5.41, 5.74) is 0.124. The lowest BCUT2D eigenvalue weighted by Crippen LogP contribution is -2.70. The minimum atomic E-state index is -1.59. The van der Waals surface area contributed by atoms with E-state index in [4.69, 9.17) is 48.2 Å². The first-order valence-electron chi connectivity index (χ1n) is 14.1. The van der Waals surface area contributed by atoms with Gasteiger partial charge in [-0.05, 0) is 30.3 Å². The van der Waals surface area contributed by atoms with Crippen LogP contribution in [0, 0.1) is 17.5 Å². The van der Waals surface area contributed by atoms with Crippen LogP contribution >= 0.6 is 24.2 Å². The Hall–Kier alpha value is -3.85. The Bertz CT molecular complexity index is 1850. The van der Waals surface area contributed by atoms with E-state index >= 15 is 0 Å². The van der Waals surface area contributed by atoms with Gasteiger partial charge in [0, 0.05) is 48.0 Å². The van der Waals surface area contributed by atoms with Gasteiger partial charge in [-0.2, -0.15) is 0 Å². The molecule has 236 valence electrons. The number of rotatable bonds is 6. The lowest BCUT2D eigenvalue weighted by molar-refractivity contribution is -0.323. The summed E-state index contributed by atoms with van der Waals surface area (Å²) in [5, 5.41) is 9.05. The number of ether oxygens (including phenoxy) is 4. The summed E-state index contributed by atoms with van der Waals surface area (Å²) in [5.74, 6) is -4.33. The van der Waals surface area contributed by atoms with Crippen LogP contribution in [0.4, 0.5) is 13.2 Å². The third kappa shape index (κ3) is 5.17. The first kappa shape index (κ1) is 30.8. The fraction of sp³-hybridized carbons (Fsp3) is 0.250. The zero-order valence-corrected chi connectivity index (χ0v) is 25.7. The minimum Gasteiger partial charge on any atom is -0.375 e. The number of hydrogen-bond acceptors (Lipinski definition) is 9. The molecule has 2 unspecified atom stereocenters. The molecule has 2 fully saturated rings. The molecule has 2 aliphatic rings. The second kappa shape index (κ2) is 12.4. The molecule has 0 saturated carbocycles. The summed E-state index contributed by atoms with van der Waals surface area (Å²) in [6.45, 7) is 0.105. The molecular formula is C32H25ClF3N5O4S. The maximum absolute atomic E-state index is 14.3. The summed E-state index contributed by atoms with van der Waals surface area (Å²) >= 11 is 11.5. The van der Waals surface area contributed by atoms with Gasteiger partial charge in [-0.15, -0.1) is 17.7 Å². The van der Waals surface area contributed by atoms with Crippen LogP contribution in [0.5, 0.6) is 0 Å². The third-order valence-electron chi connectivity index (χ3n) is 8.18. The number of pyridine rings is 2. The number of fused-ring (bicyclic) bond motifs is 1. The molecule has 9 nitrogen and oxygen atoms in total. The highest BCUT2D eigenvalue weighted by molar-refractivity contribution is 7.80. The Balaban J connectivity index is 1.50. The van der Waals surface area contributed by atoms with Crippen molar-refractivity contribution in [3.63, 3.8) is 0 Å². The molecule has 2 aliphatic heterocycles. The first-order valence-corrected chi connectivity index (χ1v) is 15.0. The smallest absolute Gasteiger partial charge is 0.194 e. The van der Waals surface area contributed by atoms with Crippen molar-refractivity contribution >= 4 is 24.2 Å². The van der Waals surface area contributed by atoms with E-state index in [9.17, 15) is 13.2 Å². The quantitative estimate of drug-likeness (QED) is 0.174. The number of halogens is 4. The molecule has 2 saturated heterocycles. The molecule has 46 heavy (non-hydrogen) atoms. The number of benzene rings is 2. The van der Waals surface area contributed by atoms with Gasteiger partial charge in [-0.25, -0.2) is 17.9 Å². The number of hydrogen-bond donors (Lipinski definition) is 1. The minimum absolute atomic E-state index is 0.0357. The Labute approximate surface area is 271 Å². The monoisotopic (exact) mass is 667 g/mol. The lowest BCUT2D eigenvalue weighted by Gasteiger charge is -2.55. The van der Waals surface area contributed by atoms with Crippen LogP contribution in [0.3, 0.4) is 0 Å². The van der Waals surface area contributed by atoms with Gasteiger partial charge in [0.2, 0.25) is 0 Å². The van der Waals surface area contributed by atoms with E-state index in [1.807, 2.05) is 30.3 Å². The van der Waals surface area contributed by atoms with Crippen molar-refractivity contribution in [1.82, 2.24) is 25.0 Å². The number of methoxy groups -OCH3 is 1. The molecular weight excluding hydrogens is 643 g/mol. The van der Waals surface area contributed by atoms with Gasteiger partial charge < -0.3 is 18.9 Å². The Morgan fingerprint density at radius 3 is 2.46 bits per heavy atom. The van der Waals surface area contributed by atoms with Crippen LogP contribution in [-0.4, -0.2) is 62.4 Å². The second-order valence-corrected chi connectivity index (χ2v) is 11.7. The summed E-state index contributed by atoms with van der Waals surface area (Å²) < 4.78 is 69.4. The van der Waals surface area contributed by atoms with E-state index in [1.54, 1.807) is 30.6 Å². The second-order valence-electron chi connectivity index (χ2n) is 10.8. The predicted molar refractivity (Wildman–Crippen MR) is 163 cm³/mol. The Morgan fingerprint density at radius 1 is 1.00 bits per heavy atom. The van der Waals surface area contributed by atoms with Crippen molar-refractivity contribution in [3.8, 4) is 22.5 Å². The lowest BCUT2D eigenvalue weighted by atomic mass is 9.73. The summed E-state index contributed by atoms with van der Waals surface area (Å²) in [6, 6.07) is 16.4. The molecule has 0 N–H and O–H groups in total. The van der Waals surface area contributed by atoms with Crippen molar-refractivity contribution in [2.75, 3.05) is 13.7 Å². The van der Waals surface area contributed by atoms with E-state index in [1.165, 1.54) is 24.2 Å². The molecule has 6 atom stereocenters. The van der Waals surface area contributed by atoms with Crippen LogP contribution in [0.2, 0.25) is 5.02 Å². The maximum atomic E-state index is 14.3. The summed E-state index contributed by atoms with van der Waals surface area (Å²) in [4.78, 5) is 8.88. The SMILES string of the molecule is CO[C@H]1[C@@H](S)O[C@@H]2COC(c3ccccc3)O[C@@H]2C1(c1cc(Cl)cnc1-c1ccncc1)n1cc(-c2cc(F)c(F)c(F)c2)nn1. The van der Waals surface area contributed by atoms with E-state index in [0.717, 1.165) is 17.7 Å². The molecule has 0 radical (unpaired) electrons.